The Labute approximate surface area is 160 Å². The summed E-state index contributed by atoms with van der Waals surface area (Å²) in [7, 11) is -0.764. The lowest BCUT2D eigenvalue weighted by molar-refractivity contribution is 0.0258. The van der Waals surface area contributed by atoms with Crippen molar-refractivity contribution in [2.75, 3.05) is 13.2 Å². The molecule has 2 N–H and O–H groups in total. The molecule has 1 atom stereocenters. The van der Waals surface area contributed by atoms with E-state index in [9.17, 15) is 0 Å². The topological polar surface area (TPSA) is 53.7 Å². The van der Waals surface area contributed by atoms with Crippen LogP contribution < -0.4 is 5.73 Å². The number of rotatable bonds is 6. The zero-order valence-electron chi connectivity index (χ0n) is 15.0. The van der Waals surface area contributed by atoms with E-state index >= 15 is 0 Å². The van der Waals surface area contributed by atoms with E-state index < -0.39 is 19.0 Å². The lowest BCUT2D eigenvalue weighted by Gasteiger charge is -2.41. The summed E-state index contributed by atoms with van der Waals surface area (Å²) in [5.41, 5.74) is 8.80. The Morgan fingerprint density at radius 1 is 0.741 bits per heavy atom. The Kier molecular flexibility index (Phi) is 5.36. The Balaban J connectivity index is 1.90. The number of hydrogen-bond donors (Lipinski definition) is 1. The van der Waals surface area contributed by atoms with E-state index in [1.807, 2.05) is 91.0 Å². The third-order valence-corrected chi connectivity index (χ3v) is 4.88. The van der Waals surface area contributed by atoms with Crippen molar-refractivity contribution in [2.45, 2.75) is 11.6 Å². The maximum atomic E-state index is 6.88. The molecule has 0 aromatic heterocycles. The van der Waals surface area contributed by atoms with Gasteiger partial charge in [-0.2, -0.15) is 0 Å². The second-order valence-electron chi connectivity index (χ2n) is 6.50. The van der Waals surface area contributed by atoms with Gasteiger partial charge in [-0.1, -0.05) is 91.0 Å². The summed E-state index contributed by atoms with van der Waals surface area (Å²) in [6, 6.07) is 29.6. The van der Waals surface area contributed by atoms with Crippen LogP contribution in [-0.4, -0.2) is 20.5 Å². The fourth-order valence-corrected chi connectivity index (χ4v) is 3.56. The molecule has 3 aromatic rings. The van der Waals surface area contributed by atoms with Gasteiger partial charge in [0.25, 0.3) is 0 Å². The maximum absolute atomic E-state index is 6.88. The first-order chi connectivity index (χ1) is 13.3. The lowest BCUT2D eigenvalue weighted by atomic mass is 9.76. The predicted octanol–water partition coefficient (Wildman–Crippen LogP) is 3.68. The van der Waals surface area contributed by atoms with Crippen LogP contribution in [0.4, 0.5) is 0 Å². The van der Waals surface area contributed by atoms with Crippen LogP contribution in [0.3, 0.4) is 0 Å². The maximum Gasteiger partial charge on any atom is 0.640 e. The van der Waals surface area contributed by atoms with E-state index in [1.165, 1.54) is 0 Å². The highest BCUT2D eigenvalue weighted by molar-refractivity contribution is 6.37. The first-order valence-electron chi connectivity index (χ1n) is 9.13. The summed E-state index contributed by atoms with van der Waals surface area (Å²) in [6.45, 7) is 1.01. The molecule has 1 heterocycles. The average molecular weight is 359 g/mol. The molecule has 0 unspecified atom stereocenters. The van der Waals surface area contributed by atoms with E-state index in [0.717, 1.165) is 16.7 Å². The van der Waals surface area contributed by atoms with Crippen LogP contribution in [0.25, 0.3) is 0 Å². The van der Waals surface area contributed by atoms with Crippen LogP contribution in [0.2, 0.25) is 0 Å². The van der Waals surface area contributed by atoms with E-state index in [1.54, 1.807) is 0 Å². The molecule has 0 amide bonds. The van der Waals surface area contributed by atoms with Crippen molar-refractivity contribution in [2.24, 2.45) is 5.73 Å². The van der Waals surface area contributed by atoms with Crippen LogP contribution >= 0.6 is 0 Å². The summed E-state index contributed by atoms with van der Waals surface area (Å²) < 4.78 is 17.8. The van der Waals surface area contributed by atoms with Gasteiger partial charge in [-0.05, 0) is 16.7 Å². The average Bonchev–Trinajstić information content (AvgIpc) is 3.26. The first kappa shape index (κ1) is 18.0. The van der Waals surface area contributed by atoms with Gasteiger partial charge >= 0.3 is 7.32 Å². The van der Waals surface area contributed by atoms with Crippen molar-refractivity contribution in [3.63, 3.8) is 0 Å². The van der Waals surface area contributed by atoms with Crippen LogP contribution in [0.5, 0.6) is 0 Å². The minimum absolute atomic E-state index is 0.462. The Hall–Kier alpha value is -2.44. The van der Waals surface area contributed by atoms with Gasteiger partial charge < -0.3 is 19.7 Å². The lowest BCUT2D eigenvalue weighted by Crippen LogP contribution is -2.46. The minimum atomic E-state index is -0.959. The molecule has 0 saturated carbocycles. The monoisotopic (exact) mass is 359 g/mol. The predicted molar refractivity (Wildman–Crippen MR) is 106 cm³/mol. The Bertz CT molecular complexity index is 800. The third-order valence-electron chi connectivity index (χ3n) is 4.88. The zero-order valence-corrected chi connectivity index (χ0v) is 15.0. The molecule has 0 bridgehead atoms. The quantitative estimate of drug-likeness (QED) is 0.683. The summed E-state index contributed by atoms with van der Waals surface area (Å²) in [5.74, 6) is 0. The molecule has 136 valence electrons. The van der Waals surface area contributed by atoms with E-state index in [-0.39, 0.29) is 0 Å². The summed E-state index contributed by atoms with van der Waals surface area (Å²) in [4.78, 5) is 0. The number of hydrogen-bond acceptors (Lipinski definition) is 4. The van der Waals surface area contributed by atoms with E-state index in [0.29, 0.717) is 13.2 Å². The van der Waals surface area contributed by atoms with Crippen molar-refractivity contribution >= 4 is 7.32 Å². The van der Waals surface area contributed by atoms with Crippen molar-refractivity contribution in [1.29, 1.82) is 0 Å². The van der Waals surface area contributed by atoms with Crippen molar-refractivity contribution in [3.8, 4) is 0 Å². The van der Waals surface area contributed by atoms with Gasteiger partial charge in [-0.15, -0.1) is 0 Å². The van der Waals surface area contributed by atoms with Crippen molar-refractivity contribution in [1.82, 2.24) is 0 Å². The molecule has 1 aliphatic heterocycles. The molecule has 4 rings (SSSR count). The van der Waals surface area contributed by atoms with Crippen LogP contribution in [0.1, 0.15) is 22.7 Å². The molecule has 3 aromatic carbocycles. The summed E-state index contributed by atoms with van der Waals surface area (Å²) in [6.07, 6.45) is 0. The zero-order chi connectivity index (χ0) is 18.5. The molecule has 4 nitrogen and oxygen atoms in total. The summed E-state index contributed by atoms with van der Waals surface area (Å²) in [5, 5.41) is 0. The molecular formula is C22H22BNO3. The van der Waals surface area contributed by atoms with Crippen LogP contribution in [0, 0.1) is 0 Å². The molecule has 1 saturated heterocycles. The molecule has 0 radical (unpaired) electrons. The Morgan fingerprint density at radius 2 is 1.19 bits per heavy atom. The number of nitrogens with two attached hydrogens (primary N) is 1. The molecule has 5 heteroatoms. The second kappa shape index (κ2) is 8.07. The second-order valence-corrected chi connectivity index (χ2v) is 6.50. The first-order valence-corrected chi connectivity index (χ1v) is 9.13. The van der Waals surface area contributed by atoms with Gasteiger partial charge in [0.2, 0.25) is 0 Å². The highest BCUT2D eigenvalue weighted by atomic mass is 16.8. The smallest absolute Gasteiger partial charge is 0.384 e. The van der Waals surface area contributed by atoms with Gasteiger partial charge in [-0.3, -0.25) is 0 Å². The van der Waals surface area contributed by atoms with Crippen molar-refractivity contribution in [3.05, 3.63) is 108 Å². The van der Waals surface area contributed by atoms with Crippen LogP contribution in [0.15, 0.2) is 91.0 Å². The normalized spacial score (nSPS) is 15.7. The van der Waals surface area contributed by atoms with Gasteiger partial charge in [0.05, 0.1) is 19.3 Å². The number of benzene rings is 3. The largest absolute Gasteiger partial charge is 0.640 e. The van der Waals surface area contributed by atoms with E-state index in [2.05, 4.69) is 0 Å². The molecule has 0 aliphatic carbocycles. The standard InChI is InChI=1S/C22H22BNO3/c24-21(18-10-4-1-5-11-18)22(19-12-6-2-7-13-19,20-14-8-3-9-15-20)27-23-25-16-17-26-23/h1-15,21H,16-17,24H2/t21-/m1/s1. The molecule has 27 heavy (non-hydrogen) atoms. The van der Waals surface area contributed by atoms with Crippen molar-refractivity contribution < 1.29 is 14.0 Å². The third kappa shape index (κ3) is 3.55. The molecular weight excluding hydrogens is 337 g/mol. The fraction of sp³-hybridized carbons (Fsp3) is 0.182. The molecule has 1 aliphatic rings. The van der Waals surface area contributed by atoms with Crippen LogP contribution in [-0.2, 0) is 19.6 Å². The van der Waals surface area contributed by atoms with Gasteiger partial charge in [-0.25, -0.2) is 0 Å². The van der Waals surface area contributed by atoms with E-state index in [4.69, 9.17) is 19.7 Å². The SMILES string of the molecule is N[C@H](c1ccccc1)C(OB1OCCO1)(c1ccccc1)c1ccccc1. The summed E-state index contributed by atoms with van der Waals surface area (Å²) >= 11 is 0. The highest BCUT2D eigenvalue weighted by Crippen LogP contribution is 2.44. The van der Waals surface area contributed by atoms with Gasteiger partial charge in [0, 0.05) is 0 Å². The molecule has 1 fully saturated rings. The Morgan fingerprint density at radius 3 is 1.67 bits per heavy atom. The minimum Gasteiger partial charge on any atom is -0.384 e. The molecule has 0 spiro atoms. The van der Waals surface area contributed by atoms with Gasteiger partial charge in [0.1, 0.15) is 5.60 Å². The fourth-order valence-electron chi connectivity index (χ4n) is 3.56. The van der Waals surface area contributed by atoms with Gasteiger partial charge in [0.15, 0.2) is 0 Å². The highest BCUT2D eigenvalue weighted by Gasteiger charge is 2.47.